The lowest BCUT2D eigenvalue weighted by Crippen LogP contribution is -2.36. The molecule has 1 saturated carbocycles. The predicted octanol–water partition coefficient (Wildman–Crippen LogP) is 4.58. The molecule has 2 aromatic rings. The van der Waals surface area contributed by atoms with Gasteiger partial charge in [0.2, 0.25) is 5.91 Å². The highest BCUT2D eigenvalue weighted by atomic mass is 35.5. The Kier molecular flexibility index (Phi) is 3.63. The van der Waals surface area contributed by atoms with Crippen LogP contribution in [0, 0.1) is 5.92 Å². The first-order valence-electron chi connectivity index (χ1n) is 7.53. The van der Waals surface area contributed by atoms with Crippen molar-refractivity contribution in [1.82, 2.24) is 0 Å². The molecule has 1 amide bonds. The molecule has 2 unspecified atom stereocenters. The molecule has 1 fully saturated rings. The second kappa shape index (κ2) is 5.64. The molecule has 2 aromatic carbocycles. The third-order valence-corrected chi connectivity index (χ3v) is 5.79. The molecule has 0 spiro atoms. The van der Waals surface area contributed by atoms with Crippen molar-refractivity contribution in [2.75, 3.05) is 17.2 Å². The number of rotatable bonds is 2. The molecule has 2 aliphatic rings. The molecular formula is C18H16ClNOS. The van der Waals surface area contributed by atoms with Gasteiger partial charge in [0.25, 0.3) is 0 Å². The van der Waals surface area contributed by atoms with Crippen molar-refractivity contribution in [3.05, 3.63) is 59.1 Å². The number of hydrogen-bond donors (Lipinski definition) is 0. The van der Waals surface area contributed by atoms with E-state index in [0.29, 0.717) is 0 Å². The lowest BCUT2D eigenvalue weighted by Gasteiger charge is -2.29. The summed E-state index contributed by atoms with van der Waals surface area (Å²) in [6.07, 6.45) is 0.911. The minimum Gasteiger partial charge on any atom is -0.310 e. The van der Waals surface area contributed by atoms with Crippen molar-refractivity contribution in [2.24, 2.45) is 5.92 Å². The zero-order chi connectivity index (χ0) is 15.1. The molecule has 1 aliphatic heterocycles. The number of benzene rings is 2. The van der Waals surface area contributed by atoms with Crippen LogP contribution in [0.4, 0.5) is 5.69 Å². The number of hydrogen-bond acceptors (Lipinski definition) is 2. The number of anilines is 1. The molecule has 2 atom stereocenters. The van der Waals surface area contributed by atoms with Gasteiger partial charge in [-0.05, 0) is 36.1 Å². The van der Waals surface area contributed by atoms with Crippen LogP contribution in [0.25, 0.3) is 0 Å². The summed E-state index contributed by atoms with van der Waals surface area (Å²) in [5.41, 5.74) is 2.18. The Morgan fingerprint density at radius 1 is 1.14 bits per heavy atom. The summed E-state index contributed by atoms with van der Waals surface area (Å²) < 4.78 is 0. The van der Waals surface area contributed by atoms with Crippen LogP contribution in [-0.4, -0.2) is 18.2 Å². The topological polar surface area (TPSA) is 20.3 Å². The minimum absolute atomic E-state index is 0.0797. The van der Waals surface area contributed by atoms with Crippen LogP contribution in [0.15, 0.2) is 53.4 Å². The molecule has 0 aromatic heterocycles. The van der Waals surface area contributed by atoms with E-state index >= 15 is 0 Å². The van der Waals surface area contributed by atoms with Gasteiger partial charge < -0.3 is 4.90 Å². The normalized spacial score (nSPS) is 23.0. The Morgan fingerprint density at radius 3 is 2.77 bits per heavy atom. The average Bonchev–Trinajstić information content (AvgIpc) is 3.34. The van der Waals surface area contributed by atoms with E-state index in [1.54, 1.807) is 0 Å². The molecule has 1 heterocycles. The van der Waals surface area contributed by atoms with Crippen LogP contribution < -0.4 is 4.90 Å². The standard InChI is InChI=1S/C18H16ClNOS/c19-15-6-2-1-5-12(15)13-11-14(13)18(21)20-9-10-22-17-8-4-3-7-16(17)20/h1-8,13-14H,9-11H2. The average molecular weight is 330 g/mol. The number of fused-ring (bicyclic) bond motifs is 1. The Balaban J connectivity index is 1.57. The number of halogens is 1. The van der Waals surface area contributed by atoms with E-state index in [4.69, 9.17) is 11.6 Å². The van der Waals surface area contributed by atoms with E-state index in [0.717, 1.165) is 35.0 Å². The number of carbonyl (C=O) groups is 1. The van der Waals surface area contributed by atoms with Crippen LogP contribution in [-0.2, 0) is 4.79 Å². The molecule has 0 bridgehead atoms. The maximum absolute atomic E-state index is 12.9. The third kappa shape index (κ3) is 2.42. The maximum Gasteiger partial charge on any atom is 0.230 e. The quantitative estimate of drug-likeness (QED) is 0.803. The van der Waals surface area contributed by atoms with E-state index in [1.165, 1.54) is 4.90 Å². The first-order chi connectivity index (χ1) is 10.8. The van der Waals surface area contributed by atoms with Gasteiger partial charge in [0.05, 0.1) is 5.69 Å². The van der Waals surface area contributed by atoms with Crippen LogP contribution >= 0.6 is 23.4 Å². The summed E-state index contributed by atoms with van der Waals surface area (Å²) in [6.45, 7) is 0.798. The maximum atomic E-state index is 12.9. The fourth-order valence-corrected chi connectivity index (χ4v) is 4.46. The first-order valence-corrected chi connectivity index (χ1v) is 8.89. The van der Waals surface area contributed by atoms with Gasteiger partial charge in [-0.3, -0.25) is 4.79 Å². The molecule has 2 nitrogen and oxygen atoms in total. The van der Waals surface area contributed by atoms with Gasteiger partial charge in [0.15, 0.2) is 0 Å². The van der Waals surface area contributed by atoms with E-state index in [1.807, 2.05) is 59.1 Å². The Morgan fingerprint density at radius 2 is 1.91 bits per heavy atom. The van der Waals surface area contributed by atoms with E-state index < -0.39 is 0 Å². The largest absolute Gasteiger partial charge is 0.310 e. The predicted molar refractivity (Wildman–Crippen MR) is 91.8 cm³/mol. The van der Waals surface area contributed by atoms with Gasteiger partial charge in [-0.2, -0.15) is 0 Å². The highest BCUT2D eigenvalue weighted by Crippen LogP contribution is 2.51. The molecule has 4 heteroatoms. The monoisotopic (exact) mass is 329 g/mol. The SMILES string of the molecule is O=C(C1CC1c1ccccc1Cl)N1CCSc2ccccc21. The fourth-order valence-electron chi connectivity index (χ4n) is 3.19. The van der Waals surface area contributed by atoms with E-state index in [2.05, 4.69) is 6.07 Å². The summed E-state index contributed by atoms with van der Waals surface area (Å²) in [6, 6.07) is 16.1. The highest BCUT2D eigenvalue weighted by molar-refractivity contribution is 7.99. The van der Waals surface area contributed by atoms with Crippen molar-refractivity contribution in [2.45, 2.75) is 17.2 Å². The number of para-hydroxylation sites is 1. The smallest absolute Gasteiger partial charge is 0.230 e. The molecule has 0 N–H and O–H groups in total. The van der Waals surface area contributed by atoms with Gasteiger partial charge >= 0.3 is 0 Å². The molecule has 0 radical (unpaired) electrons. The number of thioether (sulfide) groups is 1. The van der Waals surface area contributed by atoms with Crippen molar-refractivity contribution >= 4 is 35.0 Å². The zero-order valence-electron chi connectivity index (χ0n) is 12.0. The zero-order valence-corrected chi connectivity index (χ0v) is 13.6. The van der Waals surface area contributed by atoms with Crippen molar-refractivity contribution in [1.29, 1.82) is 0 Å². The second-order valence-corrected chi connectivity index (χ2v) is 7.32. The fraction of sp³-hybridized carbons (Fsp3) is 0.278. The van der Waals surface area contributed by atoms with Crippen molar-refractivity contribution in [3.63, 3.8) is 0 Å². The van der Waals surface area contributed by atoms with Gasteiger partial charge in [0.1, 0.15) is 0 Å². The lowest BCUT2D eigenvalue weighted by molar-refractivity contribution is -0.119. The van der Waals surface area contributed by atoms with Crippen molar-refractivity contribution in [3.8, 4) is 0 Å². The third-order valence-electron chi connectivity index (χ3n) is 4.41. The number of amides is 1. The van der Waals surface area contributed by atoms with Gasteiger partial charge in [-0.25, -0.2) is 0 Å². The van der Waals surface area contributed by atoms with Gasteiger partial charge in [-0.1, -0.05) is 41.9 Å². The lowest BCUT2D eigenvalue weighted by atomic mass is 10.1. The Labute approximate surface area is 139 Å². The van der Waals surface area contributed by atoms with Gasteiger partial charge in [-0.15, -0.1) is 11.8 Å². The van der Waals surface area contributed by atoms with Crippen LogP contribution in [0.2, 0.25) is 5.02 Å². The second-order valence-electron chi connectivity index (χ2n) is 5.78. The Hall–Kier alpha value is -1.45. The molecule has 0 saturated heterocycles. The van der Waals surface area contributed by atoms with Crippen LogP contribution in [0.3, 0.4) is 0 Å². The Bertz CT molecular complexity index is 733. The molecule has 112 valence electrons. The summed E-state index contributed by atoms with van der Waals surface area (Å²) in [7, 11) is 0. The molecule has 22 heavy (non-hydrogen) atoms. The number of carbonyl (C=O) groups excluding carboxylic acids is 1. The highest BCUT2D eigenvalue weighted by Gasteiger charge is 2.47. The molecular weight excluding hydrogens is 314 g/mol. The summed E-state index contributed by atoms with van der Waals surface area (Å²) in [5, 5.41) is 0.775. The summed E-state index contributed by atoms with van der Waals surface area (Å²) in [4.78, 5) is 16.1. The molecule has 4 rings (SSSR count). The van der Waals surface area contributed by atoms with E-state index in [9.17, 15) is 4.79 Å². The van der Waals surface area contributed by atoms with Crippen molar-refractivity contribution < 1.29 is 4.79 Å². The molecule has 1 aliphatic carbocycles. The number of nitrogens with zero attached hydrogens (tertiary/aromatic N) is 1. The minimum atomic E-state index is 0.0797. The van der Waals surface area contributed by atoms with Gasteiger partial charge in [0, 0.05) is 28.1 Å². The van der Waals surface area contributed by atoms with E-state index in [-0.39, 0.29) is 17.7 Å². The first kappa shape index (κ1) is 14.2. The van der Waals surface area contributed by atoms with Crippen LogP contribution in [0.5, 0.6) is 0 Å². The summed E-state index contributed by atoms with van der Waals surface area (Å²) in [5.74, 6) is 1.57. The summed E-state index contributed by atoms with van der Waals surface area (Å²) >= 11 is 8.09. The van der Waals surface area contributed by atoms with Crippen LogP contribution in [0.1, 0.15) is 17.9 Å².